The van der Waals surface area contributed by atoms with Crippen molar-refractivity contribution >= 4 is 18.2 Å². The topological polar surface area (TPSA) is 84.9 Å². The highest BCUT2D eigenvalue weighted by Crippen LogP contribution is 2.17. The van der Waals surface area contributed by atoms with E-state index in [-0.39, 0.29) is 18.4 Å². The molecule has 1 aliphatic rings. The number of carbonyl (C=O) groups is 3. The number of ether oxygens (including phenoxy) is 2. The molecule has 0 unspecified atom stereocenters. The second kappa shape index (κ2) is 7.47. The highest BCUT2D eigenvalue weighted by molar-refractivity contribution is 5.84. The molecule has 0 spiro atoms. The lowest BCUT2D eigenvalue weighted by Gasteiger charge is -2.29. The van der Waals surface area contributed by atoms with Crippen molar-refractivity contribution in [3.63, 3.8) is 0 Å². The van der Waals surface area contributed by atoms with Gasteiger partial charge in [-0.1, -0.05) is 13.8 Å². The molecular weight excluding hydrogens is 288 g/mol. The predicted molar refractivity (Wildman–Crippen MR) is 80.2 cm³/mol. The molecule has 0 radical (unpaired) electrons. The van der Waals surface area contributed by atoms with E-state index < -0.39 is 23.7 Å². The smallest absolute Gasteiger partial charge is 0.418 e. The normalized spacial score (nSPS) is 15.8. The fourth-order valence-electron chi connectivity index (χ4n) is 1.84. The zero-order valence-electron chi connectivity index (χ0n) is 14.0. The predicted octanol–water partition coefficient (Wildman–Crippen LogP) is 2.15. The molecule has 7 heteroatoms. The molecule has 1 rings (SSSR count). The number of hydrogen-bond donors (Lipinski definition) is 1. The van der Waals surface area contributed by atoms with Crippen LogP contribution in [0.5, 0.6) is 0 Å². The zero-order valence-corrected chi connectivity index (χ0v) is 14.0. The van der Waals surface area contributed by atoms with Gasteiger partial charge in [0.05, 0.1) is 5.92 Å². The molecule has 0 bridgehead atoms. The van der Waals surface area contributed by atoms with Crippen LogP contribution in [0.3, 0.4) is 0 Å². The van der Waals surface area contributed by atoms with E-state index in [1.54, 1.807) is 20.8 Å². The minimum absolute atomic E-state index is 0.0127. The van der Waals surface area contributed by atoms with Crippen LogP contribution in [0.4, 0.5) is 9.59 Å². The summed E-state index contributed by atoms with van der Waals surface area (Å²) in [6, 6.07) is 0. The monoisotopic (exact) mass is 314 g/mol. The summed E-state index contributed by atoms with van der Waals surface area (Å²) >= 11 is 0. The van der Waals surface area contributed by atoms with Gasteiger partial charge in [-0.2, -0.15) is 0 Å². The maximum Gasteiger partial charge on any atom is 0.418 e. The summed E-state index contributed by atoms with van der Waals surface area (Å²) in [5, 5.41) is 2.46. The Morgan fingerprint density at radius 2 is 1.77 bits per heavy atom. The Bertz CT molecular complexity index is 424. The first-order valence-electron chi connectivity index (χ1n) is 7.57. The third kappa shape index (κ3) is 5.91. The molecule has 22 heavy (non-hydrogen) atoms. The van der Waals surface area contributed by atoms with E-state index in [1.165, 1.54) is 4.90 Å². The molecular formula is C15H26N2O5. The SMILES string of the molecule is CC(C)[C@@H](CNC(=O)OC(=O)N1CCC1)C(=O)OC(C)(C)C. The lowest BCUT2D eigenvalue weighted by Crippen LogP contribution is -2.45. The quantitative estimate of drug-likeness (QED) is 0.635. The number of esters is 1. The van der Waals surface area contributed by atoms with E-state index in [0.29, 0.717) is 13.1 Å². The number of rotatable bonds is 4. The van der Waals surface area contributed by atoms with Gasteiger partial charge in [-0.15, -0.1) is 0 Å². The fraction of sp³-hybridized carbons (Fsp3) is 0.800. The Morgan fingerprint density at radius 1 is 1.18 bits per heavy atom. The lowest BCUT2D eigenvalue weighted by molar-refractivity contribution is -0.161. The van der Waals surface area contributed by atoms with Gasteiger partial charge in [0.1, 0.15) is 5.60 Å². The third-order valence-electron chi connectivity index (χ3n) is 3.27. The molecule has 1 atom stereocenters. The summed E-state index contributed by atoms with van der Waals surface area (Å²) in [5.74, 6) is -0.885. The molecule has 0 aromatic rings. The maximum absolute atomic E-state index is 12.1. The molecule has 7 nitrogen and oxygen atoms in total. The average Bonchev–Trinajstić information content (AvgIpc) is 2.22. The highest BCUT2D eigenvalue weighted by atomic mass is 16.6. The molecule has 1 heterocycles. The fourth-order valence-corrected chi connectivity index (χ4v) is 1.84. The Hall–Kier alpha value is -1.79. The first kappa shape index (κ1) is 18.3. The Balaban J connectivity index is 2.44. The third-order valence-corrected chi connectivity index (χ3v) is 3.27. The van der Waals surface area contributed by atoms with Crippen molar-refractivity contribution in [3.05, 3.63) is 0 Å². The Kier molecular flexibility index (Phi) is 6.20. The van der Waals surface area contributed by atoms with Gasteiger partial charge in [0.25, 0.3) is 0 Å². The van der Waals surface area contributed by atoms with Crippen molar-refractivity contribution < 1.29 is 23.9 Å². The standard InChI is InChI=1S/C15H26N2O5/c1-10(2)11(12(18)22-15(3,4)5)9-16-13(19)21-14(20)17-7-6-8-17/h10-11H,6-9H2,1-5H3,(H,16,19)/t11-/m1/s1. The highest BCUT2D eigenvalue weighted by Gasteiger charge is 2.29. The van der Waals surface area contributed by atoms with Crippen LogP contribution in [0.2, 0.25) is 0 Å². The van der Waals surface area contributed by atoms with Crippen molar-refractivity contribution in [1.29, 1.82) is 0 Å². The molecule has 1 saturated heterocycles. The summed E-state index contributed by atoms with van der Waals surface area (Å²) in [6.07, 6.45) is -0.571. The van der Waals surface area contributed by atoms with Gasteiger partial charge in [-0.25, -0.2) is 9.59 Å². The number of likely N-dealkylation sites (tertiary alicyclic amines) is 1. The minimum atomic E-state index is -0.842. The second-order valence-corrected chi connectivity index (χ2v) is 6.76. The van der Waals surface area contributed by atoms with Crippen LogP contribution in [0.1, 0.15) is 41.0 Å². The Labute approximate surface area is 131 Å². The summed E-state index contributed by atoms with van der Waals surface area (Å²) in [6.45, 7) is 10.4. The van der Waals surface area contributed by atoms with Crippen LogP contribution in [0.15, 0.2) is 0 Å². The van der Waals surface area contributed by atoms with Gasteiger partial charge in [0, 0.05) is 19.6 Å². The summed E-state index contributed by atoms with van der Waals surface area (Å²) in [7, 11) is 0. The molecule has 2 amide bonds. The number of amides is 2. The van der Waals surface area contributed by atoms with Gasteiger partial charge in [-0.3, -0.25) is 4.79 Å². The first-order valence-corrected chi connectivity index (χ1v) is 7.57. The molecule has 0 aliphatic carbocycles. The van der Waals surface area contributed by atoms with E-state index in [0.717, 1.165) is 6.42 Å². The summed E-state index contributed by atoms with van der Waals surface area (Å²) in [4.78, 5) is 36.6. The molecule has 1 fully saturated rings. The molecule has 1 aliphatic heterocycles. The van der Waals surface area contributed by atoms with Crippen LogP contribution < -0.4 is 5.32 Å². The van der Waals surface area contributed by atoms with Gasteiger partial charge >= 0.3 is 18.2 Å². The van der Waals surface area contributed by atoms with E-state index in [4.69, 9.17) is 4.74 Å². The van der Waals surface area contributed by atoms with Crippen LogP contribution in [0.25, 0.3) is 0 Å². The molecule has 0 aromatic carbocycles. The van der Waals surface area contributed by atoms with Crippen molar-refractivity contribution in [1.82, 2.24) is 10.2 Å². The van der Waals surface area contributed by atoms with Gasteiger partial charge in [0.15, 0.2) is 0 Å². The Morgan fingerprint density at radius 3 is 2.18 bits per heavy atom. The molecule has 126 valence electrons. The van der Waals surface area contributed by atoms with Crippen molar-refractivity contribution in [3.8, 4) is 0 Å². The van der Waals surface area contributed by atoms with E-state index >= 15 is 0 Å². The number of carbonyl (C=O) groups excluding carboxylic acids is 3. The van der Waals surface area contributed by atoms with E-state index in [2.05, 4.69) is 10.1 Å². The first-order chi connectivity index (χ1) is 10.1. The average molecular weight is 314 g/mol. The van der Waals surface area contributed by atoms with Crippen molar-refractivity contribution in [2.75, 3.05) is 19.6 Å². The summed E-state index contributed by atoms with van der Waals surface area (Å²) < 4.78 is 9.98. The zero-order chi connectivity index (χ0) is 16.9. The minimum Gasteiger partial charge on any atom is -0.460 e. The molecule has 1 N–H and O–H groups in total. The number of nitrogens with one attached hydrogen (secondary N) is 1. The summed E-state index contributed by atoms with van der Waals surface area (Å²) in [5.41, 5.74) is -0.585. The van der Waals surface area contributed by atoms with Crippen molar-refractivity contribution in [2.24, 2.45) is 11.8 Å². The van der Waals surface area contributed by atoms with Gasteiger partial charge in [0.2, 0.25) is 0 Å². The van der Waals surface area contributed by atoms with Crippen LogP contribution in [-0.2, 0) is 14.3 Å². The number of nitrogens with zero attached hydrogens (tertiary/aromatic N) is 1. The van der Waals surface area contributed by atoms with Gasteiger partial charge in [-0.05, 0) is 33.1 Å². The van der Waals surface area contributed by atoms with Gasteiger partial charge < -0.3 is 19.7 Å². The van der Waals surface area contributed by atoms with Crippen molar-refractivity contribution in [2.45, 2.75) is 46.6 Å². The number of hydrogen-bond acceptors (Lipinski definition) is 5. The van der Waals surface area contributed by atoms with E-state index in [9.17, 15) is 14.4 Å². The van der Waals surface area contributed by atoms with Crippen LogP contribution in [0, 0.1) is 11.8 Å². The van der Waals surface area contributed by atoms with Crippen LogP contribution >= 0.6 is 0 Å². The van der Waals surface area contributed by atoms with E-state index in [1.807, 2.05) is 13.8 Å². The molecule has 0 aromatic heterocycles. The maximum atomic E-state index is 12.1. The lowest BCUT2D eigenvalue weighted by atomic mass is 9.95. The largest absolute Gasteiger partial charge is 0.460 e. The number of alkyl carbamates (subject to hydrolysis) is 1. The molecule has 0 saturated carbocycles. The second-order valence-electron chi connectivity index (χ2n) is 6.76. The van der Waals surface area contributed by atoms with Crippen LogP contribution in [-0.4, -0.2) is 48.3 Å².